The molecule has 1 amide bonds. The van der Waals surface area contributed by atoms with Crippen LogP contribution in [-0.4, -0.2) is 23.0 Å². The van der Waals surface area contributed by atoms with Gasteiger partial charge in [0.25, 0.3) is 5.91 Å². The Balaban J connectivity index is 2.13. The lowest BCUT2D eigenvalue weighted by Crippen LogP contribution is -2.45. The van der Waals surface area contributed by atoms with Crippen LogP contribution in [0.1, 0.15) is 55.1 Å². The van der Waals surface area contributed by atoms with Crippen molar-refractivity contribution in [3.05, 3.63) is 34.9 Å². The van der Waals surface area contributed by atoms with E-state index in [2.05, 4.69) is 5.32 Å². The van der Waals surface area contributed by atoms with Gasteiger partial charge in [-0.05, 0) is 47.9 Å². The second-order valence-corrected chi connectivity index (χ2v) is 6.83. The van der Waals surface area contributed by atoms with Crippen molar-refractivity contribution in [3.63, 3.8) is 0 Å². The van der Waals surface area contributed by atoms with Gasteiger partial charge in [0.05, 0.1) is 6.42 Å². The highest BCUT2D eigenvalue weighted by Crippen LogP contribution is 2.25. The van der Waals surface area contributed by atoms with Crippen LogP contribution in [0.5, 0.6) is 0 Å². The Morgan fingerprint density at radius 3 is 2.52 bits per heavy atom. The molecule has 1 aliphatic carbocycles. The fourth-order valence-corrected chi connectivity index (χ4v) is 2.70. The van der Waals surface area contributed by atoms with E-state index in [1.54, 1.807) is 0 Å². The van der Waals surface area contributed by atoms with Gasteiger partial charge in [0.2, 0.25) is 0 Å². The summed E-state index contributed by atoms with van der Waals surface area (Å²) in [6, 6.07) is 5.40. The van der Waals surface area contributed by atoms with Crippen molar-refractivity contribution < 1.29 is 14.7 Å². The van der Waals surface area contributed by atoms with Crippen LogP contribution in [0.4, 0.5) is 0 Å². The molecule has 0 aromatic heterocycles. The zero-order valence-electron chi connectivity index (χ0n) is 12.9. The molecule has 0 aliphatic heterocycles. The number of amides is 1. The van der Waals surface area contributed by atoms with Crippen LogP contribution in [0.25, 0.3) is 0 Å². The Morgan fingerprint density at radius 2 is 1.90 bits per heavy atom. The number of benzene rings is 1. The number of rotatable bonds is 4. The maximum absolute atomic E-state index is 12.4. The Kier molecular flexibility index (Phi) is 4.35. The summed E-state index contributed by atoms with van der Waals surface area (Å²) in [6.07, 6.45) is 3.18. The highest BCUT2D eigenvalue weighted by atomic mass is 16.4. The molecule has 4 nitrogen and oxygen atoms in total. The monoisotopic (exact) mass is 289 g/mol. The first-order valence-electron chi connectivity index (χ1n) is 7.42. The largest absolute Gasteiger partial charge is 0.481 e. The molecule has 0 saturated carbocycles. The van der Waals surface area contributed by atoms with Gasteiger partial charge in [0, 0.05) is 11.6 Å². The van der Waals surface area contributed by atoms with Crippen LogP contribution in [0.3, 0.4) is 0 Å². The molecule has 2 N–H and O–H groups in total. The summed E-state index contributed by atoms with van der Waals surface area (Å²) in [5.74, 6) is -1.09. The minimum atomic E-state index is -0.899. The highest BCUT2D eigenvalue weighted by molar-refractivity contribution is 5.95. The standard InChI is InChI=1S/C17H23NO3/c1-17(2,3)14(10-15(19)20)18-16(21)13-8-7-11-5-4-6-12(11)9-13/h7-9,14H,4-6,10H2,1-3H3,(H,18,21)(H,19,20). The van der Waals surface area contributed by atoms with E-state index in [0.717, 1.165) is 19.3 Å². The average Bonchev–Trinajstić information content (AvgIpc) is 2.83. The number of aryl methyl sites for hydroxylation is 2. The molecule has 0 spiro atoms. The lowest BCUT2D eigenvalue weighted by molar-refractivity contribution is -0.138. The van der Waals surface area contributed by atoms with Gasteiger partial charge in [-0.15, -0.1) is 0 Å². The van der Waals surface area contributed by atoms with E-state index in [-0.39, 0.29) is 17.7 Å². The van der Waals surface area contributed by atoms with Crippen LogP contribution in [-0.2, 0) is 17.6 Å². The number of carboxylic acid groups (broad SMARTS) is 1. The molecule has 0 bridgehead atoms. The molecule has 114 valence electrons. The summed E-state index contributed by atoms with van der Waals surface area (Å²) >= 11 is 0. The molecule has 0 fully saturated rings. The van der Waals surface area contributed by atoms with Crippen LogP contribution >= 0.6 is 0 Å². The zero-order valence-corrected chi connectivity index (χ0v) is 12.9. The van der Waals surface area contributed by atoms with Gasteiger partial charge >= 0.3 is 5.97 Å². The number of aliphatic carboxylic acids is 1. The minimum absolute atomic E-state index is 0.0693. The molecule has 0 heterocycles. The fraction of sp³-hybridized carbons (Fsp3) is 0.529. The Labute approximate surface area is 125 Å². The number of carbonyl (C=O) groups is 2. The van der Waals surface area contributed by atoms with E-state index >= 15 is 0 Å². The molecular weight excluding hydrogens is 266 g/mol. The normalized spacial score (nSPS) is 15.4. The predicted octanol–water partition coefficient (Wildman–Crippen LogP) is 2.79. The Hall–Kier alpha value is -1.84. The molecule has 2 rings (SSSR count). The van der Waals surface area contributed by atoms with Crippen molar-refractivity contribution in [2.24, 2.45) is 5.41 Å². The molecule has 0 radical (unpaired) electrons. The van der Waals surface area contributed by atoms with Crippen LogP contribution in [0.2, 0.25) is 0 Å². The van der Waals surface area contributed by atoms with E-state index in [9.17, 15) is 9.59 Å². The second-order valence-electron chi connectivity index (χ2n) is 6.83. The third kappa shape index (κ3) is 3.84. The molecule has 1 atom stereocenters. The van der Waals surface area contributed by atoms with Crippen molar-refractivity contribution in [2.45, 2.75) is 52.5 Å². The molecule has 4 heteroatoms. The second kappa shape index (κ2) is 5.88. The third-order valence-electron chi connectivity index (χ3n) is 4.09. The SMILES string of the molecule is CC(C)(C)C(CC(=O)O)NC(=O)c1ccc2c(c1)CCC2. The molecular formula is C17H23NO3. The van der Waals surface area contributed by atoms with Gasteiger partial charge in [0.1, 0.15) is 0 Å². The Bertz CT molecular complexity index is 558. The fourth-order valence-electron chi connectivity index (χ4n) is 2.70. The van der Waals surface area contributed by atoms with Gasteiger partial charge in [-0.1, -0.05) is 26.8 Å². The highest BCUT2D eigenvalue weighted by Gasteiger charge is 2.29. The van der Waals surface area contributed by atoms with Crippen LogP contribution in [0.15, 0.2) is 18.2 Å². The van der Waals surface area contributed by atoms with Crippen molar-refractivity contribution in [3.8, 4) is 0 Å². The zero-order chi connectivity index (χ0) is 15.6. The summed E-state index contributed by atoms with van der Waals surface area (Å²) in [7, 11) is 0. The first kappa shape index (κ1) is 15.5. The smallest absolute Gasteiger partial charge is 0.305 e. The number of carboxylic acids is 1. The number of hydrogen-bond donors (Lipinski definition) is 2. The molecule has 1 aromatic carbocycles. The maximum atomic E-state index is 12.4. The molecule has 1 unspecified atom stereocenters. The van der Waals surface area contributed by atoms with Gasteiger partial charge in [-0.3, -0.25) is 9.59 Å². The molecule has 1 aliphatic rings. The van der Waals surface area contributed by atoms with Crippen molar-refractivity contribution in [1.29, 1.82) is 0 Å². The number of fused-ring (bicyclic) bond motifs is 1. The van der Waals surface area contributed by atoms with E-state index in [4.69, 9.17) is 5.11 Å². The van der Waals surface area contributed by atoms with Crippen molar-refractivity contribution in [1.82, 2.24) is 5.32 Å². The van der Waals surface area contributed by atoms with Gasteiger partial charge in [-0.2, -0.15) is 0 Å². The van der Waals surface area contributed by atoms with E-state index < -0.39 is 12.0 Å². The topological polar surface area (TPSA) is 66.4 Å². The third-order valence-corrected chi connectivity index (χ3v) is 4.09. The number of hydrogen-bond acceptors (Lipinski definition) is 2. The van der Waals surface area contributed by atoms with Crippen LogP contribution < -0.4 is 5.32 Å². The molecule has 21 heavy (non-hydrogen) atoms. The minimum Gasteiger partial charge on any atom is -0.481 e. The first-order valence-corrected chi connectivity index (χ1v) is 7.42. The van der Waals surface area contributed by atoms with E-state index in [1.165, 1.54) is 11.1 Å². The van der Waals surface area contributed by atoms with E-state index in [1.807, 2.05) is 39.0 Å². The summed E-state index contributed by atoms with van der Waals surface area (Å²) < 4.78 is 0. The first-order chi connectivity index (χ1) is 9.77. The van der Waals surface area contributed by atoms with Crippen molar-refractivity contribution >= 4 is 11.9 Å². The summed E-state index contributed by atoms with van der Waals surface area (Å²) in [5.41, 5.74) is 2.89. The quantitative estimate of drug-likeness (QED) is 0.895. The van der Waals surface area contributed by atoms with Gasteiger partial charge in [0.15, 0.2) is 0 Å². The maximum Gasteiger partial charge on any atom is 0.305 e. The van der Waals surface area contributed by atoms with Gasteiger partial charge in [-0.25, -0.2) is 0 Å². The Morgan fingerprint density at radius 1 is 1.24 bits per heavy atom. The molecule has 1 aromatic rings. The van der Waals surface area contributed by atoms with Gasteiger partial charge < -0.3 is 10.4 Å². The number of nitrogens with one attached hydrogen (secondary N) is 1. The molecule has 0 saturated heterocycles. The predicted molar refractivity (Wildman–Crippen MR) is 81.4 cm³/mol. The summed E-state index contributed by atoms with van der Waals surface area (Å²) in [6.45, 7) is 5.80. The van der Waals surface area contributed by atoms with Crippen molar-refractivity contribution in [2.75, 3.05) is 0 Å². The number of carbonyl (C=O) groups excluding carboxylic acids is 1. The van der Waals surface area contributed by atoms with Crippen LogP contribution in [0, 0.1) is 5.41 Å². The lowest BCUT2D eigenvalue weighted by Gasteiger charge is -2.30. The summed E-state index contributed by atoms with van der Waals surface area (Å²) in [4.78, 5) is 23.4. The average molecular weight is 289 g/mol. The lowest BCUT2D eigenvalue weighted by atomic mass is 9.84. The van der Waals surface area contributed by atoms with E-state index in [0.29, 0.717) is 5.56 Å². The summed E-state index contributed by atoms with van der Waals surface area (Å²) in [5, 5.41) is 11.9.